The van der Waals surface area contributed by atoms with Crippen LogP contribution < -0.4 is 20.7 Å². The number of nitrogens with one attached hydrogen (secondary N) is 1. The molecule has 16 nitrogen and oxygen atoms in total. The van der Waals surface area contributed by atoms with Crippen LogP contribution in [-0.4, -0.2) is 39.1 Å². The Labute approximate surface area is 363 Å². The van der Waals surface area contributed by atoms with E-state index in [0.717, 1.165) is 55.9 Å². The summed E-state index contributed by atoms with van der Waals surface area (Å²) in [6, 6.07) is 12.4. The fraction of sp³-hybridized carbons (Fsp3) is 0.545. The van der Waals surface area contributed by atoms with E-state index >= 15 is 0 Å². The van der Waals surface area contributed by atoms with Crippen LogP contribution in [0.15, 0.2) is 76.5 Å². The van der Waals surface area contributed by atoms with E-state index in [1.165, 1.54) is 63.8 Å². The lowest BCUT2D eigenvalue weighted by Crippen LogP contribution is -2.33. The van der Waals surface area contributed by atoms with Gasteiger partial charge in [-0.05, 0) is 61.2 Å². The topological polar surface area (TPSA) is 208 Å². The molecule has 0 saturated carbocycles. The highest BCUT2D eigenvalue weighted by molar-refractivity contribution is 7.61. The maximum Gasteiger partial charge on any atom is 0.484 e. The Balaban J connectivity index is 1.33. The van der Waals surface area contributed by atoms with Crippen molar-refractivity contribution in [3.63, 3.8) is 0 Å². The summed E-state index contributed by atoms with van der Waals surface area (Å²) in [5, 5.41) is 0. The molecule has 1 aromatic heterocycles. The monoisotopic (exact) mass is 904 g/mol. The first-order valence-electron chi connectivity index (χ1n) is 21.6. The number of rotatable bonds is 30. The molecule has 0 aliphatic carbocycles. The number of ether oxygens (including phenoxy) is 3. The summed E-state index contributed by atoms with van der Waals surface area (Å²) < 4.78 is 66.3. The summed E-state index contributed by atoms with van der Waals surface area (Å²) in [6.45, 7) is 4.49. The zero-order valence-corrected chi connectivity index (χ0v) is 37.8. The van der Waals surface area contributed by atoms with Gasteiger partial charge in [-0.2, -0.15) is 4.31 Å². The molecule has 62 heavy (non-hydrogen) atoms. The maximum absolute atomic E-state index is 14.0. The molecule has 0 amide bonds. The molecule has 0 radical (unpaired) electrons. The Kier molecular flexibility index (Phi) is 21.7. The van der Waals surface area contributed by atoms with Crippen LogP contribution in [0.1, 0.15) is 139 Å². The first-order chi connectivity index (χ1) is 29.8. The molecule has 0 fully saturated rings. The molecule has 2 N–H and O–H groups in total. The number of H-pyrrole nitrogens is 1. The standard InChI is InChI=1S/C44H62N2O14P2/c1-4-6-8-10-12-14-16-18-41(47)58-37-24-20-35(21-25-37)31-55-62(53,56-32-36-22-26-38(27-23-36)59-42(48)19-17-15-13-11-9-7-5-2)60-61(51,52)54-33-39-28-29-40(57-39)46-30-34(3)43(49)45-44(46)50/h20-30,39-40H,4-19,31-33H2,1-3H3,(H,51,52)(H,45,49,50)/t39-,40+/m0/s1. The molecular formula is C44H62N2O14P2. The van der Waals surface area contributed by atoms with Crippen molar-refractivity contribution in [2.75, 3.05) is 6.61 Å². The van der Waals surface area contributed by atoms with E-state index in [-0.39, 0.29) is 17.5 Å². The first kappa shape index (κ1) is 50.7. The van der Waals surface area contributed by atoms with Crippen LogP contribution in [0.25, 0.3) is 0 Å². The van der Waals surface area contributed by atoms with Crippen molar-refractivity contribution in [1.82, 2.24) is 9.55 Å². The Morgan fingerprint density at radius 2 is 1.16 bits per heavy atom. The van der Waals surface area contributed by atoms with Crippen molar-refractivity contribution in [2.45, 2.75) is 149 Å². The normalized spacial score (nSPS) is 16.0. The van der Waals surface area contributed by atoms with Gasteiger partial charge in [0.2, 0.25) is 0 Å². The van der Waals surface area contributed by atoms with Crippen LogP contribution in [0.2, 0.25) is 0 Å². The number of hydrogen-bond acceptors (Lipinski definition) is 13. The van der Waals surface area contributed by atoms with Crippen molar-refractivity contribution in [3.05, 3.63) is 104 Å². The Morgan fingerprint density at radius 1 is 0.694 bits per heavy atom. The Bertz CT molecular complexity index is 2000. The number of nitrogens with zero attached hydrogens (tertiary/aromatic N) is 1. The molecular weight excluding hydrogens is 842 g/mol. The number of aromatic nitrogens is 2. The fourth-order valence-electron chi connectivity index (χ4n) is 6.35. The molecule has 2 heterocycles. The number of phosphoric acid groups is 2. The van der Waals surface area contributed by atoms with Gasteiger partial charge in [-0.3, -0.25) is 37.5 Å². The second kappa shape index (κ2) is 26.6. The minimum Gasteiger partial charge on any atom is -0.427 e. The molecule has 18 heteroatoms. The van der Waals surface area contributed by atoms with Crippen LogP contribution in [0, 0.1) is 6.92 Å². The lowest BCUT2D eigenvalue weighted by molar-refractivity contribution is -0.135. The quantitative estimate of drug-likeness (QED) is 0.0210. The van der Waals surface area contributed by atoms with E-state index in [4.69, 9.17) is 32.1 Å². The van der Waals surface area contributed by atoms with Gasteiger partial charge in [0, 0.05) is 24.6 Å². The van der Waals surface area contributed by atoms with Gasteiger partial charge in [0.05, 0.1) is 19.8 Å². The van der Waals surface area contributed by atoms with Gasteiger partial charge in [-0.25, -0.2) is 13.9 Å². The van der Waals surface area contributed by atoms with E-state index in [0.29, 0.717) is 35.5 Å². The average Bonchev–Trinajstić information content (AvgIpc) is 3.72. The zero-order valence-electron chi connectivity index (χ0n) is 36.0. The molecule has 0 saturated heterocycles. The van der Waals surface area contributed by atoms with Crippen LogP contribution in [-0.2, 0) is 54.6 Å². The molecule has 3 atom stereocenters. The summed E-state index contributed by atoms with van der Waals surface area (Å²) in [6.07, 6.45) is 18.1. The first-order valence-corrected chi connectivity index (χ1v) is 24.6. The van der Waals surface area contributed by atoms with Crippen molar-refractivity contribution in [3.8, 4) is 11.5 Å². The van der Waals surface area contributed by atoms with Crippen molar-refractivity contribution < 1.29 is 55.7 Å². The van der Waals surface area contributed by atoms with Crippen LogP contribution in [0.5, 0.6) is 11.5 Å². The summed E-state index contributed by atoms with van der Waals surface area (Å²) in [7, 11) is -10.0. The van der Waals surface area contributed by atoms with Gasteiger partial charge in [0.1, 0.15) is 17.6 Å². The number of hydrogen-bond donors (Lipinski definition) is 2. The summed E-state index contributed by atoms with van der Waals surface area (Å²) in [5.74, 6) is -0.0829. The van der Waals surface area contributed by atoms with Gasteiger partial charge < -0.3 is 19.1 Å². The molecule has 3 aromatic rings. The highest BCUT2D eigenvalue weighted by Crippen LogP contribution is 2.64. The SMILES string of the molecule is CCCCCCCCCC(=O)Oc1ccc(COP(=O)(OCc2ccc(OC(=O)CCCCCCCCC)cc2)OP(=O)(O)OC[C@@H]2C=C[C@H](n3cc(C)c(=O)[nH]c3=O)O2)cc1. The predicted molar refractivity (Wildman–Crippen MR) is 233 cm³/mol. The van der Waals surface area contributed by atoms with Gasteiger partial charge >= 0.3 is 33.3 Å². The number of aryl methyl sites for hydroxylation is 1. The van der Waals surface area contributed by atoms with Gasteiger partial charge in [0.25, 0.3) is 5.56 Å². The lowest BCUT2D eigenvalue weighted by atomic mass is 10.1. The van der Waals surface area contributed by atoms with Crippen LogP contribution >= 0.6 is 15.6 Å². The van der Waals surface area contributed by atoms with Crippen molar-refractivity contribution in [1.29, 1.82) is 0 Å². The Hall–Kier alpha value is -3.98. The van der Waals surface area contributed by atoms with E-state index in [1.807, 2.05) is 0 Å². The van der Waals surface area contributed by atoms with E-state index < -0.39 is 59.0 Å². The second-order valence-corrected chi connectivity index (χ2v) is 18.5. The van der Waals surface area contributed by atoms with Gasteiger partial charge in [-0.15, -0.1) is 0 Å². The summed E-state index contributed by atoms with van der Waals surface area (Å²) >= 11 is 0. The molecule has 0 bridgehead atoms. The van der Waals surface area contributed by atoms with Crippen LogP contribution in [0.4, 0.5) is 0 Å². The molecule has 1 aliphatic heterocycles. The number of esters is 2. The molecule has 1 unspecified atom stereocenters. The minimum atomic E-state index is -5.17. The molecule has 4 rings (SSSR count). The number of benzene rings is 2. The third-order valence-electron chi connectivity index (χ3n) is 9.89. The highest BCUT2D eigenvalue weighted by atomic mass is 31.3. The van der Waals surface area contributed by atoms with Crippen LogP contribution in [0.3, 0.4) is 0 Å². The molecule has 0 spiro atoms. The number of phosphoric ester groups is 2. The number of carbonyl (C=O) groups is 2. The average molecular weight is 905 g/mol. The zero-order chi connectivity index (χ0) is 44.8. The van der Waals surface area contributed by atoms with Crippen molar-refractivity contribution in [2.24, 2.45) is 0 Å². The minimum absolute atomic E-state index is 0.271. The van der Waals surface area contributed by atoms with E-state index in [1.54, 1.807) is 48.5 Å². The predicted octanol–water partition coefficient (Wildman–Crippen LogP) is 10.1. The highest BCUT2D eigenvalue weighted by Gasteiger charge is 2.39. The second-order valence-electron chi connectivity index (χ2n) is 15.2. The smallest absolute Gasteiger partial charge is 0.427 e. The maximum atomic E-state index is 14.0. The lowest BCUT2D eigenvalue weighted by Gasteiger charge is -2.22. The number of carbonyl (C=O) groups excluding carboxylic acids is 2. The summed E-state index contributed by atoms with van der Waals surface area (Å²) in [5.41, 5.74) is -0.0914. The van der Waals surface area contributed by atoms with Gasteiger partial charge in [-0.1, -0.05) is 121 Å². The van der Waals surface area contributed by atoms with E-state index in [9.17, 15) is 33.2 Å². The molecule has 2 aromatic carbocycles. The Morgan fingerprint density at radius 3 is 1.65 bits per heavy atom. The van der Waals surface area contributed by atoms with Gasteiger partial charge in [0.15, 0.2) is 6.23 Å². The molecule has 342 valence electrons. The number of aromatic amines is 1. The van der Waals surface area contributed by atoms with E-state index in [2.05, 4.69) is 18.8 Å². The number of unbranched alkanes of at least 4 members (excludes halogenated alkanes) is 12. The fourth-order valence-corrected chi connectivity index (χ4v) is 8.95. The third-order valence-corrected chi connectivity index (χ3v) is 12.9. The van der Waals surface area contributed by atoms with Crippen molar-refractivity contribution >= 4 is 27.6 Å². The third kappa shape index (κ3) is 18.8. The summed E-state index contributed by atoms with van der Waals surface area (Å²) in [4.78, 5) is 61.7. The largest absolute Gasteiger partial charge is 0.484 e. The molecule has 1 aliphatic rings.